The Morgan fingerprint density at radius 3 is 2.68 bits per heavy atom. The second kappa shape index (κ2) is 5.87. The number of anilines is 1. The van der Waals surface area contributed by atoms with E-state index in [1.165, 1.54) is 0 Å². The lowest BCUT2D eigenvalue weighted by Gasteiger charge is -2.10. The molecule has 0 radical (unpaired) electrons. The lowest BCUT2D eigenvalue weighted by atomic mass is 10.1. The summed E-state index contributed by atoms with van der Waals surface area (Å²) in [6.07, 6.45) is 0. The van der Waals surface area contributed by atoms with Crippen molar-refractivity contribution in [2.45, 2.75) is 13.5 Å². The topological polar surface area (TPSA) is 55.1 Å². The Kier molecular flexibility index (Phi) is 4.20. The molecule has 0 unspecified atom stereocenters. The minimum Gasteiger partial charge on any atom is -0.326 e. The summed E-state index contributed by atoms with van der Waals surface area (Å²) in [5.74, 6) is -0.166. The van der Waals surface area contributed by atoms with Gasteiger partial charge in [-0.3, -0.25) is 4.79 Å². The molecule has 1 amide bonds. The molecule has 0 aliphatic rings. The van der Waals surface area contributed by atoms with Crippen LogP contribution in [0.2, 0.25) is 5.02 Å². The molecule has 0 aliphatic heterocycles. The molecule has 2 aromatic rings. The molecule has 98 valence electrons. The van der Waals surface area contributed by atoms with Crippen molar-refractivity contribution < 1.29 is 4.79 Å². The summed E-state index contributed by atoms with van der Waals surface area (Å²) < 4.78 is 0. The molecule has 0 atom stereocenters. The van der Waals surface area contributed by atoms with Crippen LogP contribution < -0.4 is 11.1 Å². The van der Waals surface area contributed by atoms with Gasteiger partial charge >= 0.3 is 0 Å². The van der Waals surface area contributed by atoms with E-state index >= 15 is 0 Å². The molecule has 0 heterocycles. The Morgan fingerprint density at radius 1 is 1.26 bits per heavy atom. The number of benzene rings is 2. The van der Waals surface area contributed by atoms with Gasteiger partial charge in [0.2, 0.25) is 0 Å². The highest BCUT2D eigenvalue weighted by molar-refractivity contribution is 6.31. The fraction of sp³-hybridized carbons (Fsp3) is 0.133. The molecule has 0 aromatic heterocycles. The second-order valence-corrected chi connectivity index (χ2v) is 4.69. The monoisotopic (exact) mass is 274 g/mol. The summed E-state index contributed by atoms with van der Waals surface area (Å²) >= 11 is 5.94. The van der Waals surface area contributed by atoms with Crippen molar-refractivity contribution in [2.24, 2.45) is 5.73 Å². The Balaban J connectivity index is 2.23. The number of hydrogen-bond acceptors (Lipinski definition) is 2. The van der Waals surface area contributed by atoms with Crippen LogP contribution in [-0.4, -0.2) is 5.91 Å². The van der Waals surface area contributed by atoms with Gasteiger partial charge in [-0.2, -0.15) is 0 Å². The van der Waals surface area contributed by atoms with E-state index in [1.54, 1.807) is 18.2 Å². The fourth-order valence-electron chi connectivity index (χ4n) is 1.80. The van der Waals surface area contributed by atoms with Gasteiger partial charge in [0.25, 0.3) is 5.91 Å². The number of hydrogen-bond donors (Lipinski definition) is 2. The molecule has 2 rings (SSSR count). The number of carbonyl (C=O) groups is 1. The molecule has 4 heteroatoms. The van der Waals surface area contributed by atoms with Crippen LogP contribution in [0.5, 0.6) is 0 Å². The molecule has 0 saturated heterocycles. The van der Waals surface area contributed by atoms with Gasteiger partial charge in [0.05, 0.1) is 0 Å². The van der Waals surface area contributed by atoms with Crippen LogP contribution in [0.15, 0.2) is 42.5 Å². The predicted octanol–water partition coefficient (Wildman–Crippen LogP) is 3.36. The number of para-hydroxylation sites is 1. The summed E-state index contributed by atoms with van der Waals surface area (Å²) in [6, 6.07) is 12.7. The van der Waals surface area contributed by atoms with Gasteiger partial charge in [-0.15, -0.1) is 0 Å². The van der Waals surface area contributed by atoms with Crippen LogP contribution in [-0.2, 0) is 6.54 Å². The van der Waals surface area contributed by atoms with E-state index in [4.69, 9.17) is 17.3 Å². The van der Waals surface area contributed by atoms with Gasteiger partial charge in [0, 0.05) is 22.8 Å². The summed E-state index contributed by atoms with van der Waals surface area (Å²) in [7, 11) is 0. The molecule has 2 aromatic carbocycles. The van der Waals surface area contributed by atoms with Crippen LogP contribution >= 0.6 is 11.6 Å². The Hall–Kier alpha value is -1.84. The van der Waals surface area contributed by atoms with Crippen molar-refractivity contribution in [3.8, 4) is 0 Å². The van der Waals surface area contributed by atoms with Gasteiger partial charge in [-0.25, -0.2) is 0 Å². The highest BCUT2D eigenvalue weighted by Gasteiger charge is 2.09. The SMILES string of the molecule is Cc1cc(C(=O)Nc2ccccc2CN)ccc1Cl. The summed E-state index contributed by atoms with van der Waals surface area (Å²) in [5, 5.41) is 3.51. The average molecular weight is 275 g/mol. The average Bonchev–Trinajstić information content (AvgIpc) is 2.42. The molecule has 3 nitrogen and oxygen atoms in total. The highest BCUT2D eigenvalue weighted by Crippen LogP contribution is 2.19. The van der Waals surface area contributed by atoms with E-state index in [0.717, 1.165) is 16.8 Å². The van der Waals surface area contributed by atoms with Crippen molar-refractivity contribution in [1.82, 2.24) is 0 Å². The Bertz CT molecular complexity index is 611. The third kappa shape index (κ3) is 3.13. The van der Waals surface area contributed by atoms with E-state index in [1.807, 2.05) is 31.2 Å². The fourth-order valence-corrected chi connectivity index (χ4v) is 1.92. The predicted molar refractivity (Wildman–Crippen MR) is 78.5 cm³/mol. The standard InChI is InChI=1S/C15H15ClN2O/c1-10-8-11(6-7-13(10)16)15(19)18-14-5-3-2-4-12(14)9-17/h2-8H,9,17H2,1H3,(H,18,19). The zero-order valence-electron chi connectivity index (χ0n) is 10.6. The van der Waals surface area contributed by atoms with E-state index in [2.05, 4.69) is 5.32 Å². The molecule has 3 N–H and O–H groups in total. The number of halogens is 1. The minimum atomic E-state index is -0.166. The van der Waals surface area contributed by atoms with Crippen molar-refractivity contribution in [1.29, 1.82) is 0 Å². The van der Waals surface area contributed by atoms with Crippen LogP contribution in [0.4, 0.5) is 5.69 Å². The molecular formula is C15H15ClN2O. The first kappa shape index (κ1) is 13.6. The Labute approximate surface area is 117 Å². The molecule has 0 saturated carbocycles. The zero-order valence-corrected chi connectivity index (χ0v) is 11.4. The largest absolute Gasteiger partial charge is 0.326 e. The van der Waals surface area contributed by atoms with Crippen LogP contribution in [0.1, 0.15) is 21.5 Å². The first-order chi connectivity index (χ1) is 9.11. The first-order valence-corrected chi connectivity index (χ1v) is 6.35. The van der Waals surface area contributed by atoms with Crippen molar-refractivity contribution in [3.05, 3.63) is 64.2 Å². The second-order valence-electron chi connectivity index (χ2n) is 4.28. The summed E-state index contributed by atoms with van der Waals surface area (Å²) in [4.78, 5) is 12.2. The minimum absolute atomic E-state index is 0.166. The first-order valence-electron chi connectivity index (χ1n) is 5.97. The van der Waals surface area contributed by atoms with E-state index < -0.39 is 0 Å². The van der Waals surface area contributed by atoms with Crippen LogP contribution in [0.3, 0.4) is 0 Å². The van der Waals surface area contributed by atoms with Gasteiger partial charge in [0.1, 0.15) is 0 Å². The quantitative estimate of drug-likeness (QED) is 0.902. The third-order valence-electron chi connectivity index (χ3n) is 2.91. The molecule has 0 fully saturated rings. The van der Waals surface area contributed by atoms with Gasteiger partial charge in [0.15, 0.2) is 0 Å². The molecule has 0 aliphatic carbocycles. The van der Waals surface area contributed by atoms with E-state index in [9.17, 15) is 4.79 Å². The van der Waals surface area contributed by atoms with E-state index in [0.29, 0.717) is 17.1 Å². The zero-order chi connectivity index (χ0) is 13.8. The van der Waals surface area contributed by atoms with Gasteiger partial charge in [-0.1, -0.05) is 29.8 Å². The van der Waals surface area contributed by atoms with Crippen molar-refractivity contribution in [3.63, 3.8) is 0 Å². The number of carbonyl (C=O) groups excluding carboxylic acids is 1. The van der Waals surface area contributed by atoms with Crippen LogP contribution in [0.25, 0.3) is 0 Å². The van der Waals surface area contributed by atoms with Crippen molar-refractivity contribution in [2.75, 3.05) is 5.32 Å². The third-order valence-corrected chi connectivity index (χ3v) is 3.33. The number of nitrogens with one attached hydrogen (secondary N) is 1. The number of amides is 1. The molecule has 0 bridgehead atoms. The summed E-state index contributed by atoms with van der Waals surface area (Å²) in [5.41, 5.74) is 8.74. The van der Waals surface area contributed by atoms with Crippen LogP contribution in [0, 0.1) is 6.92 Å². The number of rotatable bonds is 3. The number of aryl methyl sites for hydroxylation is 1. The lowest BCUT2D eigenvalue weighted by molar-refractivity contribution is 0.102. The lowest BCUT2D eigenvalue weighted by Crippen LogP contribution is -2.14. The maximum absolute atomic E-state index is 12.2. The highest BCUT2D eigenvalue weighted by atomic mass is 35.5. The van der Waals surface area contributed by atoms with Gasteiger partial charge in [-0.05, 0) is 42.3 Å². The molecular weight excluding hydrogens is 260 g/mol. The van der Waals surface area contributed by atoms with Crippen molar-refractivity contribution >= 4 is 23.2 Å². The smallest absolute Gasteiger partial charge is 0.255 e. The number of nitrogens with two attached hydrogens (primary N) is 1. The maximum Gasteiger partial charge on any atom is 0.255 e. The maximum atomic E-state index is 12.2. The van der Waals surface area contributed by atoms with Gasteiger partial charge < -0.3 is 11.1 Å². The van der Waals surface area contributed by atoms with E-state index in [-0.39, 0.29) is 5.91 Å². The Morgan fingerprint density at radius 2 is 2.00 bits per heavy atom. The molecule has 0 spiro atoms. The molecule has 19 heavy (non-hydrogen) atoms. The normalized spacial score (nSPS) is 10.3. The summed E-state index contributed by atoms with van der Waals surface area (Å²) in [6.45, 7) is 2.25.